The van der Waals surface area contributed by atoms with Crippen molar-refractivity contribution in [3.8, 4) is 10.4 Å². The van der Waals surface area contributed by atoms with Crippen LogP contribution in [-0.4, -0.2) is 58.1 Å². The SMILES string of the molecule is CCC(=O)N[C@H](CN1C[C@H](O)C[C@H]1C(=O)N[C@@H](C)c1ccc(-c2scnc2C)cc1)C(C)(C)C. The van der Waals surface area contributed by atoms with E-state index >= 15 is 0 Å². The largest absolute Gasteiger partial charge is 0.392 e. The monoisotopic (exact) mass is 486 g/mol. The molecule has 0 bridgehead atoms. The summed E-state index contributed by atoms with van der Waals surface area (Å²) in [5, 5.41) is 16.6. The van der Waals surface area contributed by atoms with Gasteiger partial charge in [-0.3, -0.25) is 14.5 Å². The summed E-state index contributed by atoms with van der Waals surface area (Å²) in [4.78, 5) is 32.8. The number of thiazole rings is 1. The molecule has 1 aliphatic heterocycles. The Hall–Kier alpha value is -2.29. The maximum atomic E-state index is 13.2. The first-order valence-electron chi connectivity index (χ1n) is 12.0. The normalized spacial score (nSPS) is 20.7. The summed E-state index contributed by atoms with van der Waals surface area (Å²) in [5.41, 5.74) is 4.83. The molecule has 34 heavy (non-hydrogen) atoms. The van der Waals surface area contributed by atoms with Crippen LogP contribution in [0.1, 0.15) is 64.8 Å². The smallest absolute Gasteiger partial charge is 0.237 e. The van der Waals surface area contributed by atoms with Crippen LogP contribution in [0.4, 0.5) is 0 Å². The molecule has 0 aliphatic carbocycles. The van der Waals surface area contributed by atoms with Crippen LogP contribution in [0.2, 0.25) is 0 Å². The minimum Gasteiger partial charge on any atom is -0.392 e. The van der Waals surface area contributed by atoms with Crippen molar-refractivity contribution in [2.24, 2.45) is 5.41 Å². The molecule has 2 aromatic rings. The van der Waals surface area contributed by atoms with Crippen molar-refractivity contribution in [1.29, 1.82) is 0 Å². The van der Waals surface area contributed by atoms with E-state index in [1.54, 1.807) is 11.3 Å². The van der Waals surface area contributed by atoms with E-state index in [4.69, 9.17) is 0 Å². The van der Waals surface area contributed by atoms with Crippen LogP contribution in [0.25, 0.3) is 10.4 Å². The molecule has 4 atom stereocenters. The number of likely N-dealkylation sites (tertiary alicyclic amines) is 1. The maximum Gasteiger partial charge on any atom is 0.237 e. The third-order valence-corrected chi connectivity index (χ3v) is 7.56. The lowest BCUT2D eigenvalue weighted by Gasteiger charge is -2.36. The first-order chi connectivity index (χ1) is 16.0. The summed E-state index contributed by atoms with van der Waals surface area (Å²) in [6.07, 6.45) is 0.245. The Balaban J connectivity index is 1.67. The molecule has 1 aromatic heterocycles. The number of carbonyl (C=O) groups excluding carboxylic acids is 2. The quantitative estimate of drug-likeness (QED) is 0.529. The maximum absolute atomic E-state index is 13.2. The highest BCUT2D eigenvalue weighted by molar-refractivity contribution is 7.13. The number of hydrogen-bond acceptors (Lipinski definition) is 6. The van der Waals surface area contributed by atoms with E-state index in [0.29, 0.717) is 25.9 Å². The van der Waals surface area contributed by atoms with Gasteiger partial charge in [-0.2, -0.15) is 0 Å². The van der Waals surface area contributed by atoms with Crippen molar-refractivity contribution >= 4 is 23.2 Å². The predicted molar refractivity (Wildman–Crippen MR) is 137 cm³/mol. The van der Waals surface area contributed by atoms with Crippen molar-refractivity contribution in [1.82, 2.24) is 20.5 Å². The Morgan fingerprint density at radius 2 is 1.91 bits per heavy atom. The Bertz CT molecular complexity index is 983. The first kappa shape index (κ1) is 26.3. The molecule has 3 rings (SSSR count). The Morgan fingerprint density at radius 3 is 2.47 bits per heavy atom. The number of aliphatic hydroxyl groups excluding tert-OH is 1. The third-order valence-electron chi connectivity index (χ3n) is 6.58. The van der Waals surface area contributed by atoms with Crippen molar-refractivity contribution in [2.45, 2.75) is 78.6 Å². The van der Waals surface area contributed by atoms with Gasteiger partial charge in [0, 0.05) is 25.6 Å². The first-order valence-corrected chi connectivity index (χ1v) is 12.9. The Kier molecular flexibility index (Phi) is 8.49. The lowest BCUT2D eigenvalue weighted by molar-refractivity contribution is -0.126. The van der Waals surface area contributed by atoms with Gasteiger partial charge in [0.25, 0.3) is 0 Å². The van der Waals surface area contributed by atoms with Gasteiger partial charge in [-0.25, -0.2) is 4.98 Å². The van der Waals surface area contributed by atoms with E-state index in [1.165, 1.54) is 0 Å². The van der Waals surface area contributed by atoms with Gasteiger partial charge < -0.3 is 15.7 Å². The van der Waals surface area contributed by atoms with Gasteiger partial charge in [-0.15, -0.1) is 11.3 Å². The fourth-order valence-electron chi connectivity index (χ4n) is 4.32. The molecule has 1 saturated heterocycles. The molecule has 0 spiro atoms. The second-order valence-corrected chi connectivity index (χ2v) is 11.2. The number of nitrogens with zero attached hydrogens (tertiary/aromatic N) is 2. The zero-order valence-electron chi connectivity index (χ0n) is 21.1. The van der Waals surface area contributed by atoms with Crippen LogP contribution in [0, 0.1) is 12.3 Å². The van der Waals surface area contributed by atoms with Crippen LogP contribution in [0.3, 0.4) is 0 Å². The molecule has 8 heteroatoms. The van der Waals surface area contributed by atoms with E-state index in [1.807, 2.05) is 43.3 Å². The van der Waals surface area contributed by atoms with Crippen molar-refractivity contribution in [3.05, 3.63) is 41.0 Å². The fraction of sp³-hybridized carbons (Fsp3) is 0.577. The van der Waals surface area contributed by atoms with Gasteiger partial charge >= 0.3 is 0 Å². The minimum atomic E-state index is -0.560. The molecular weight excluding hydrogens is 448 g/mol. The molecule has 3 N–H and O–H groups in total. The van der Waals surface area contributed by atoms with Gasteiger partial charge in [0.2, 0.25) is 11.8 Å². The molecular formula is C26H38N4O3S. The number of rotatable bonds is 8. The highest BCUT2D eigenvalue weighted by atomic mass is 32.1. The molecule has 186 valence electrons. The number of carbonyl (C=O) groups is 2. The van der Waals surface area contributed by atoms with E-state index in [-0.39, 0.29) is 29.3 Å². The van der Waals surface area contributed by atoms with Gasteiger partial charge in [0.05, 0.1) is 34.3 Å². The second kappa shape index (κ2) is 11.0. The Morgan fingerprint density at radius 1 is 1.24 bits per heavy atom. The average molecular weight is 487 g/mol. The number of aryl methyl sites for hydroxylation is 1. The minimum absolute atomic E-state index is 0.00809. The third kappa shape index (κ3) is 6.43. The lowest BCUT2D eigenvalue weighted by atomic mass is 9.86. The summed E-state index contributed by atoms with van der Waals surface area (Å²) >= 11 is 1.62. The van der Waals surface area contributed by atoms with Crippen molar-refractivity contribution in [3.63, 3.8) is 0 Å². The summed E-state index contributed by atoms with van der Waals surface area (Å²) in [6.45, 7) is 13.0. The zero-order valence-corrected chi connectivity index (χ0v) is 21.9. The molecule has 1 fully saturated rings. The van der Waals surface area contributed by atoms with E-state index in [0.717, 1.165) is 21.7 Å². The average Bonchev–Trinajstić information content (AvgIpc) is 3.37. The molecule has 2 amide bonds. The van der Waals surface area contributed by atoms with Crippen LogP contribution >= 0.6 is 11.3 Å². The molecule has 0 unspecified atom stereocenters. The van der Waals surface area contributed by atoms with Crippen LogP contribution in [-0.2, 0) is 9.59 Å². The summed E-state index contributed by atoms with van der Waals surface area (Å²) < 4.78 is 0. The number of nitrogens with one attached hydrogen (secondary N) is 2. The van der Waals surface area contributed by atoms with E-state index in [9.17, 15) is 14.7 Å². The van der Waals surface area contributed by atoms with Gasteiger partial charge in [-0.1, -0.05) is 52.0 Å². The highest BCUT2D eigenvalue weighted by Gasteiger charge is 2.39. The zero-order chi connectivity index (χ0) is 25.0. The van der Waals surface area contributed by atoms with Gasteiger partial charge in [0.15, 0.2) is 0 Å². The van der Waals surface area contributed by atoms with E-state index < -0.39 is 12.1 Å². The highest BCUT2D eigenvalue weighted by Crippen LogP contribution is 2.29. The van der Waals surface area contributed by atoms with Crippen molar-refractivity contribution in [2.75, 3.05) is 13.1 Å². The van der Waals surface area contributed by atoms with Gasteiger partial charge in [-0.05, 0) is 36.8 Å². The summed E-state index contributed by atoms with van der Waals surface area (Å²) in [7, 11) is 0. The number of amides is 2. The summed E-state index contributed by atoms with van der Waals surface area (Å²) in [6, 6.07) is 7.48. The molecule has 0 saturated carbocycles. The number of β-amino-alcohol motifs (C(OH)–C–C–N with tert-alkyl or cyclic N) is 1. The van der Waals surface area contributed by atoms with Gasteiger partial charge in [0.1, 0.15) is 0 Å². The van der Waals surface area contributed by atoms with Crippen LogP contribution < -0.4 is 10.6 Å². The molecule has 1 aliphatic rings. The van der Waals surface area contributed by atoms with Crippen LogP contribution in [0.5, 0.6) is 0 Å². The van der Waals surface area contributed by atoms with Crippen LogP contribution in [0.15, 0.2) is 29.8 Å². The van der Waals surface area contributed by atoms with E-state index in [2.05, 4.69) is 48.5 Å². The number of hydrogen-bond donors (Lipinski definition) is 3. The second-order valence-electron chi connectivity index (χ2n) is 10.3. The number of aliphatic hydroxyl groups is 1. The number of aromatic nitrogens is 1. The molecule has 2 heterocycles. The Labute approximate surface area is 207 Å². The summed E-state index contributed by atoms with van der Waals surface area (Å²) in [5.74, 6) is -0.104. The molecule has 0 radical (unpaired) electrons. The van der Waals surface area contributed by atoms with Crippen molar-refractivity contribution < 1.29 is 14.7 Å². The predicted octanol–water partition coefficient (Wildman–Crippen LogP) is 3.67. The molecule has 7 nitrogen and oxygen atoms in total. The fourth-order valence-corrected chi connectivity index (χ4v) is 5.13. The lowest BCUT2D eigenvalue weighted by Crippen LogP contribution is -2.54. The molecule has 1 aromatic carbocycles. The topological polar surface area (TPSA) is 94.6 Å². The standard InChI is InChI=1S/C26H38N4O3S/c1-7-23(32)29-22(26(4,5)6)14-30-13-20(31)12-21(30)25(33)28-16(2)18-8-10-19(11-9-18)24-17(3)27-15-34-24/h8-11,15-16,20-22,31H,7,12-14H2,1-6H3,(H,28,33)(H,29,32)/t16-,20+,21-,22+/m0/s1. The number of benzene rings is 1.